The standard InChI is InChI=1S/C18H20N6O3S2/c1-13-4-7-17(28-13)29(26,27)23-8-2-3-14(10-23)18(25)22-15-5-6-16(20-9-15)24-12-19-11-21-24/h4-7,9,11-12,14H,2-3,8,10H2,1H3,(H,22,25)/t14-/m0/s1. The van der Waals surface area contributed by atoms with E-state index in [4.69, 9.17) is 0 Å². The van der Waals surface area contributed by atoms with Crippen molar-refractivity contribution in [3.05, 3.63) is 48.0 Å². The van der Waals surface area contributed by atoms with Crippen LogP contribution in [0, 0.1) is 12.8 Å². The van der Waals surface area contributed by atoms with E-state index in [2.05, 4.69) is 20.4 Å². The summed E-state index contributed by atoms with van der Waals surface area (Å²) in [6.45, 7) is 2.48. The van der Waals surface area contributed by atoms with E-state index in [1.807, 2.05) is 6.92 Å². The van der Waals surface area contributed by atoms with Crippen LogP contribution in [-0.4, -0.2) is 51.5 Å². The third-order valence-electron chi connectivity index (χ3n) is 4.73. The zero-order chi connectivity index (χ0) is 20.4. The van der Waals surface area contributed by atoms with Gasteiger partial charge in [-0.15, -0.1) is 11.3 Å². The molecule has 1 N–H and O–H groups in total. The van der Waals surface area contributed by atoms with Crippen LogP contribution in [0.2, 0.25) is 0 Å². The van der Waals surface area contributed by atoms with Crippen molar-refractivity contribution in [2.45, 2.75) is 24.0 Å². The van der Waals surface area contributed by atoms with Crippen LogP contribution in [0.1, 0.15) is 17.7 Å². The molecule has 1 aliphatic heterocycles. The Balaban J connectivity index is 1.42. The Morgan fingerprint density at radius 1 is 1.28 bits per heavy atom. The summed E-state index contributed by atoms with van der Waals surface area (Å²) in [6, 6.07) is 6.87. The molecule has 11 heteroatoms. The number of hydrogen-bond acceptors (Lipinski definition) is 7. The van der Waals surface area contributed by atoms with Gasteiger partial charge in [0, 0.05) is 18.0 Å². The number of aromatic nitrogens is 4. The lowest BCUT2D eigenvalue weighted by atomic mass is 9.99. The number of thiophene rings is 1. The fourth-order valence-corrected chi connectivity index (χ4v) is 6.18. The number of nitrogens with one attached hydrogen (secondary N) is 1. The predicted octanol–water partition coefficient (Wildman–Crippen LogP) is 2.07. The summed E-state index contributed by atoms with van der Waals surface area (Å²) in [6.07, 6.45) is 5.78. The van der Waals surface area contributed by atoms with E-state index in [1.165, 1.54) is 33.0 Å². The Labute approximate surface area is 172 Å². The molecule has 0 bridgehead atoms. The fourth-order valence-electron chi connectivity index (χ4n) is 3.22. The Kier molecular flexibility index (Phi) is 5.43. The van der Waals surface area contributed by atoms with Gasteiger partial charge in [0.25, 0.3) is 10.0 Å². The van der Waals surface area contributed by atoms with Crippen molar-refractivity contribution in [2.75, 3.05) is 18.4 Å². The Bertz CT molecular complexity index is 1090. The first-order valence-electron chi connectivity index (χ1n) is 9.12. The molecule has 0 saturated carbocycles. The van der Waals surface area contributed by atoms with Gasteiger partial charge in [-0.1, -0.05) is 0 Å². The zero-order valence-corrected chi connectivity index (χ0v) is 17.4. The van der Waals surface area contributed by atoms with Gasteiger partial charge in [0.1, 0.15) is 16.9 Å². The maximum atomic E-state index is 12.9. The number of hydrogen-bond donors (Lipinski definition) is 1. The molecule has 0 spiro atoms. The average molecular weight is 433 g/mol. The molecule has 4 heterocycles. The highest BCUT2D eigenvalue weighted by atomic mass is 32.2. The fraction of sp³-hybridized carbons (Fsp3) is 0.333. The molecule has 0 radical (unpaired) electrons. The molecule has 4 rings (SSSR count). The topological polar surface area (TPSA) is 110 Å². The van der Waals surface area contributed by atoms with Gasteiger partial charge in [0.05, 0.1) is 17.8 Å². The molecule has 1 fully saturated rings. The normalized spacial score (nSPS) is 17.9. The smallest absolute Gasteiger partial charge is 0.252 e. The average Bonchev–Trinajstić information content (AvgIpc) is 3.41. The van der Waals surface area contributed by atoms with Gasteiger partial charge < -0.3 is 5.32 Å². The number of rotatable bonds is 5. The summed E-state index contributed by atoms with van der Waals surface area (Å²) < 4.78 is 29.0. The molecular formula is C18H20N6O3S2. The molecule has 29 heavy (non-hydrogen) atoms. The third-order valence-corrected chi connectivity index (χ3v) is 8.07. The SMILES string of the molecule is Cc1ccc(S(=O)(=O)N2CCC[C@H](C(=O)Nc3ccc(-n4cncn4)nc3)C2)s1. The summed E-state index contributed by atoms with van der Waals surface area (Å²) in [5.74, 6) is -0.0289. The number of sulfonamides is 1. The highest BCUT2D eigenvalue weighted by Crippen LogP contribution is 2.28. The van der Waals surface area contributed by atoms with Crippen molar-refractivity contribution in [1.82, 2.24) is 24.1 Å². The number of carbonyl (C=O) groups excluding carboxylic acids is 1. The van der Waals surface area contributed by atoms with Gasteiger partial charge in [-0.3, -0.25) is 4.79 Å². The summed E-state index contributed by atoms with van der Waals surface area (Å²) in [5.41, 5.74) is 0.549. The van der Waals surface area contributed by atoms with Gasteiger partial charge in [0.2, 0.25) is 5.91 Å². The Morgan fingerprint density at radius 3 is 2.79 bits per heavy atom. The van der Waals surface area contributed by atoms with E-state index in [1.54, 1.807) is 30.5 Å². The van der Waals surface area contributed by atoms with Crippen LogP contribution >= 0.6 is 11.3 Å². The molecule has 152 valence electrons. The van der Waals surface area contributed by atoms with E-state index in [-0.39, 0.29) is 12.5 Å². The highest BCUT2D eigenvalue weighted by Gasteiger charge is 2.34. The molecule has 0 aromatic carbocycles. The molecule has 0 unspecified atom stereocenters. The van der Waals surface area contributed by atoms with Crippen molar-refractivity contribution in [3.63, 3.8) is 0 Å². The first-order chi connectivity index (χ1) is 13.9. The van der Waals surface area contributed by atoms with E-state index in [0.717, 1.165) is 4.88 Å². The molecule has 0 aliphatic carbocycles. The van der Waals surface area contributed by atoms with Crippen molar-refractivity contribution in [2.24, 2.45) is 5.92 Å². The first-order valence-corrected chi connectivity index (χ1v) is 11.4. The minimum Gasteiger partial charge on any atom is -0.324 e. The summed E-state index contributed by atoms with van der Waals surface area (Å²) in [5, 5.41) is 6.84. The van der Waals surface area contributed by atoms with Crippen molar-refractivity contribution in [3.8, 4) is 5.82 Å². The maximum absolute atomic E-state index is 12.9. The van der Waals surface area contributed by atoms with E-state index >= 15 is 0 Å². The van der Waals surface area contributed by atoms with Gasteiger partial charge >= 0.3 is 0 Å². The minimum absolute atomic E-state index is 0.176. The van der Waals surface area contributed by atoms with E-state index in [9.17, 15) is 13.2 Å². The third kappa shape index (κ3) is 4.21. The summed E-state index contributed by atoms with van der Waals surface area (Å²) in [7, 11) is -3.57. The Hall–Kier alpha value is -2.63. The van der Waals surface area contributed by atoms with Gasteiger partial charge in [-0.2, -0.15) is 9.40 Å². The summed E-state index contributed by atoms with van der Waals surface area (Å²) in [4.78, 5) is 21.8. The zero-order valence-electron chi connectivity index (χ0n) is 15.7. The number of amides is 1. The lowest BCUT2D eigenvalue weighted by molar-refractivity contribution is -0.120. The second kappa shape index (κ2) is 8.01. The number of aryl methyl sites for hydroxylation is 1. The van der Waals surface area contributed by atoms with E-state index < -0.39 is 15.9 Å². The second-order valence-electron chi connectivity index (χ2n) is 6.80. The number of anilines is 1. The molecule has 1 atom stereocenters. The van der Waals surface area contributed by atoms with Gasteiger partial charge in [-0.25, -0.2) is 23.1 Å². The van der Waals surface area contributed by atoms with Crippen molar-refractivity contribution in [1.29, 1.82) is 0 Å². The highest BCUT2D eigenvalue weighted by molar-refractivity contribution is 7.91. The predicted molar refractivity (Wildman–Crippen MR) is 108 cm³/mol. The second-order valence-corrected chi connectivity index (χ2v) is 10.3. The number of nitrogens with zero attached hydrogens (tertiary/aromatic N) is 5. The first kappa shape index (κ1) is 19.7. The van der Waals surface area contributed by atoms with Crippen LogP contribution in [0.4, 0.5) is 5.69 Å². The van der Waals surface area contributed by atoms with E-state index in [0.29, 0.717) is 35.1 Å². The number of pyridine rings is 1. The largest absolute Gasteiger partial charge is 0.324 e. The molecular weight excluding hydrogens is 412 g/mol. The molecule has 3 aromatic rings. The quantitative estimate of drug-likeness (QED) is 0.661. The number of piperidine rings is 1. The van der Waals surface area contributed by atoms with Crippen LogP contribution in [0.3, 0.4) is 0 Å². The lowest BCUT2D eigenvalue weighted by Crippen LogP contribution is -2.43. The molecule has 1 amide bonds. The maximum Gasteiger partial charge on any atom is 0.252 e. The van der Waals surface area contributed by atoms with Crippen LogP contribution in [0.15, 0.2) is 47.3 Å². The van der Waals surface area contributed by atoms with Crippen LogP contribution in [0.5, 0.6) is 0 Å². The number of carbonyl (C=O) groups is 1. The molecule has 1 aliphatic rings. The van der Waals surface area contributed by atoms with Crippen molar-refractivity contribution < 1.29 is 13.2 Å². The molecule has 9 nitrogen and oxygen atoms in total. The Morgan fingerprint density at radius 2 is 2.14 bits per heavy atom. The molecule has 3 aromatic heterocycles. The lowest BCUT2D eigenvalue weighted by Gasteiger charge is -2.30. The molecule has 1 saturated heterocycles. The van der Waals surface area contributed by atoms with Crippen LogP contribution in [0.25, 0.3) is 5.82 Å². The van der Waals surface area contributed by atoms with Gasteiger partial charge in [-0.05, 0) is 44.0 Å². The van der Waals surface area contributed by atoms with Gasteiger partial charge in [0.15, 0.2) is 5.82 Å². The van der Waals surface area contributed by atoms with Crippen LogP contribution in [-0.2, 0) is 14.8 Å². The minimum atomic E-state index is -3.57. The monoisotopic (exact) mass is 432 g/mol. The van der Waals surface area contributed by atoms with Crippen molar-refractivity contribution >= 4 is 33.0 Å². The summed E-state index contributed by atoms with van der Waals surface area (Å²) >= 11 is 1.25. The van der Waals surface area contributed by atoms with Crippen LogP contribution < -0.4 is 5.32 Å².